The van der Waals surface area contributed by atoms with Crippen molar-refractivity contribution in [2.24, 2.45) is 0 Å². The number of para-hydroxylation sites is 1. The van der Waals surface area contributed by atoms with Gasteiger partial charge in [0.2, 0.25) is 0 Å². The van der Waals surface area contributed by atoms with Gasteiger partial charge in [-0.1, -0.05) is 18.2 Å². The van der Waals surface area contributed by atoms with E-state index >= 15 is 0 Å². The van der Waals surface area contributed by atoms with Crippen LogP contribution in [0.4, 0.5) is 0 Å². The van der Waals surface area contributed by atoms with Crippen molar-refractivity contribution < 1.29 is 4.74 Å². The first-order chi connectivity index (χ1) is 13.3. The number of rotatable bonds is 5. The van der Waals surface area contributed by atoms with E-state index in [1.54, 1.807) is 18.4 Å². The number of H-pyrrole nitrogens is 1. The van der Waals surface area contributed by atoms with Crippen molar-refractivity contribution in [1.82, 2.24) is 19.5 Å². The molecule has 1 aromatic carbocycles. The summed E-state index contributed by atoms with van der Waals surface area (Å²) < 4.78 is 7.38. The van der Waals surface area contributed by atoms with Crippen molar-refractivity contribution in [1.29, 1.82) is 0 Å². The van der Waals surface area contributed by atoms with Gasteiger partial charge in [-0.25, -0.2) is 9.97 Å². The van der Waals surface area contributed by atoms with Crippen LogP contribution in [0.1, 0.15) is 0 Å². The van der Waals surface area contributed by atoms with E-state index in [-0.39, 0.29) is 0 Å². The molecule has 0 unspecified atom stereocenters. The van der Waals surface area contributed by atoms with Gasteiger partial charge in [-0.15, -0.1) is 11.3 Å². The summed E-state index contributed by atoms with van der Waals surface area (Å²) in [6, 6.07) is 12.4. The minimum absolute atomic E-state index is 0.650. The number of ether oxygens (including phenoxy) is 1. The van der Waals surface area contributed by atoms with Gasteiger partial charge < -0.3 is 14.3 Å². The first-order valence-corrected chi connectivity index (χ1v) is 9.68. The van der Waals surface area contributed by atoms with E-state index in [2.05, 4.69) is 50.4 Å². The van der Waals surface area contributed by atoms with Crippen molar-refractivity contribution in [2.45, 2.75) is 6.54 Å². The molecule has 0 aliphatic rings. The molecular weight excluding hydrogens is 356 g/mol. The van der Waals surface area contributed by atoms with Crippen molar-refractivity contribution in [3.63, 3.8) is 0 Å². The lowest BCUT2D eigenvalue weighted by atomic mass is 10.1. The maximum absolute atomic E-state index is 5.24. The van der Waals surface area contributed by atoms with Gasteiger partial charge in [0.25, 0.3) is 0 Å². The third kappa shape index (κ3) is 2.74. The second kappa shape index (κ2) is 6.64. The van der Waals surface area contributed by atoms with Gasteiger partial charge >= 0.3 is 0 Å². The quantitative estimate of drug-likeness (QED) is 0.473. The molecule has 0 fully saturated rings. The summed E-state index contributed by atoms with van der Waals surface area (Å²) in [4.78, 5) is 12.8. The number of nitrogens with zero attached hydrogens (tertiary/aromatic N) is 3. The Kier molecular flexibility index (Phi) is 3.99. The minimum atomic E-state index is 0.650. The second-order valence-corrected chi connectivity index (χ2v) is 7.25. The molecule has 5 rings (SSSR count). The van der Waals surface area contributed by atoms with Crippen LogP contribution < -0.4 is 0 Å². The Morgan fingerprint density at radius 2 is 2.00 bits per heavy atom. The molecule has 6 heteroatoms. The molecule has 0 saturated carbocycles. The summed E-state index contributed by atoms with van der Waals surface area (Å²) >= 11 is 1.67. The topological polar surface area (TPSA) is 55.7 Å². The van der Waals surface area contributed by atoms with Crippen LogP contribution in [-0.2, 0) is 11.3 Å². The number of benzene rings is 1. The zero-order valence-corrected chi connectivity index (χ0v) is 15.7. The second-order valence-electron chi connectivity index (χ2n) is 6.39. The van der Waals surface area contributed by atoms with Gasteiger partial charge in [0, 0.05) is 65.0 Å². The molecule has 0 saturated heterocycles. The van der Waals surface area contributed by atoms with Crippen LogP contribution in [0.3, 0.4) is 0 Å². The van der Waals surface area contributed by atoms with E-state index in [1.807, 2.05) is 24.5 Å². The Labute approximate surface area is 160 Å². The average Bonchev–Trinajstić information content (AvgIpc) is 3.42. The minimum Gasteiger partial charge on any atom is -0.383 e. The van der Waals surface area contributed by atoms with Crippen LogP contribution in [0.15, 0.2) is 60.4 Å². The highest BCUT2D eigenvalue weighted by Crippen LogP contribution is 2.36. The van der Waals surface area contributed by atoms with Gasteiger partial charge in [0.1, 0.15) is 10.7 Å². The first kappa shape index (κ1) is 16.2. The summed E-state index contributed by atoms with van der Waals surface area (Å²) in [5.41, 5.74) is 5.32. The van der Waals surface area contributed by atoms with Crippen LogP contribution in [0, 0.1) is 0 Å². The Morgan fingerprint density at radius 1 is 1.11 bits per heavy atom. The van der Waals surface area contributed by atoms with E-state index in [0.717, 1.165) is 44.9 Å². The molecule has 27 heavy (non-hydrogen) atoms. The van der Waals surface area contributed by atoms with Gasteiger partial charge in [0.15, 0.2) is 0 Å². The van der Waals surface area contributed by atoms with E-state index < -0.39 is 0 Å². The summed E-state index contributed by atoms with van der Waals surface area (Å²) in [6.07, 6.45) is 6.00. The molecule has 1 N–H and O–H groups in total. The summed E-state index contributed by atoms with van der Waals surface area (Å²) in [5, 5.41) is 5.45. The Balaban J connectivity index is 1.60. The lowest BCUT2D eigenvalue weighted by Gasteiger charge is -2.02. The summed E-state index contributed by atoms with van der Waals surface area (Å²) in [6.45, 7) is 1.42. The monoisotopic (exact) mass is 374 g/mol. The van der Waals surface area contributed by atoms with Crippen molar-refractivity contribution in [3.8, 4) is 21.8 Å². The highest BCUT2D eigenvalue weighted by Gasteiger charge is 2.15. The Bertz CT molecular complexity index is 1230. The zero-order valence-electron chi connectivity index (χ0n) is 14.8. The van der Waals surface area contributed by atoms with E-state index in [4.69, 9.17) is 9.72 Å². The number of fused-ring (bicyclic) bond motifs is 2. The molecule has 4 aromatic heterocycles. The van der Waals surface area contributed by atoms with E-state index in [0.29, 0.717) is 6.61 Å². The molecule has 134 valence electrons. The Morgan fingerprint density at radius 3 is 2.93 bits per heavy atom. The number of thiazole rings is 1. The van der Waals surface area contributed by atoms with E-state index in [1.165, 1.54) is 5.39 Å². The van der Waals surface area contributed by atoms with Crippen LogP contribution >= 0.6 is 11.3 Å². The molecule has 4 heterocycles. The van der Waals surface area contributed by atoms with Gasteiger partial charge in [-0.05, 0) is 18.2 Å². The molecular formula is C21H18N4OS. The highest BCUT2D eigenvalue weighted by atomic mass is 32.1. The number of pyridine rings is 1. The van der Waals surface area contributed by atoms with Crippen molar-refractivity contribution in [3.05, 3.63) is 60.4 Å². The first-order valence-electron chi connectivity index (χ1n) is 8.80. The van der Waals surface area contributed by atoms with Crippen molar-refractivity contribution >= 4 is 33.3 Å². The lowest BCUT2D eigenvalue weighted by Crippen LogP contribution is -2.03. The molecule has 0 aliphatic carbocycles. The predicted molar refractivity (Wildman–Crippen MR) is 110 cm³/mol. The normalized spacial score (nSPS) is 11.6. The van der Waals surface area contributed by atoms with Gasteiger partial charge in [-0.3, -0.25) is 0 Å². The average molecular weight is 374 g/mol. The molecule has 0 aliphatic heterocycles. The summed E-state index contributed by atoms with van der Waals surface area (Å²) in [5.74, 6) is 0. The number of aromatic amines is 1. The molecule has 0 bridgehead atoms. The molecule has 5 aromatic rings. The Hall–Kier alpha value is -2.96. The molecule has 0 spiro atoms. The lowest BCUT2D eigenvalue weighted by molar-refractivity contribution is 0.188. The van der Waals surface area contributed by atoms with Crippen LogP contribution in [0.2, 0.25) is 0 Å². The summed E-state index contributed by atoms with van der Waals surface area (Å²) in [7, 11) is 1.72. The fraction of sp³-hybridized carbons (Fsp3) is 0.143. The number of aromatic nitrogens is 4. The largest absolute Gasteiger partial charge is 0.383 e. The SMILES string of the molecule is COCCn1cc(-c2csc(-c3c[nH]c4ccccc34)n2)c2cccnc21. The zero-order chi connectivity index (χ0) is 18.2. The molecule has 0 amide bonds. The number of methoxy groups -OCH3 is 1. The molecule has 0 atom stereocenters. The van der Waals surface area contributed by atoms with Crippen LogP contribution in [0.5, 0.6) is 0 Å². The standard InChI is InChI=1S/C21H18N4OS/c1-26-10-9-25-12-17(15-6-4-8-22-20(15)25)19-13-27-21(24-19)16-11-23-18-7-3-2-5-14(16)18/h2-8,11-13,23H,9-10H2,1H3. The van der Waals surface area contributed by atoms with Gasteiger partial charge in [-0.2, -0.15) is 0 Å². The maximum Gasteiger partial charge on any atom is 0.140 e. The number of hydrogen-bond acceptors (Lipinski definition) is 4. The highest BCUT2D eigenvalue weighted by molar-refractivity contribution is 7.13. The maximum atomic E-state index is 5.24. The molecule has 0 radical (unpaired) electrons. The predicted octanol–water partition coefficient (Wildman–Crippen LogP) is 4.95. The third-order valence-corrected chi connectivity index (χ3v) is 5.65. The third-order valence-electron chi connectivity index (χ3n) is 4.77. The number of hydrogen-bond donors (Lipinski definition) is 1. The fourth-order valence-electron chi connectivity index (χ4n) is 3.46. The smallest absolute Gasteiger partial charge is 0.140 e. The number of nitrogens with one attached hydrogen (secondary N) is 1. The van der Waals surface area contributed by atoms with Gasteiger partial charge in [0.05, 0.1) is 12.3 Å². The van der Waals surface area contributed by atoms with Crippen molar-refractivity contribution in [2.75, 3.05) is 13.7 Å². The van der Waals surface area contributed by atoms with E-state index in [9.17, 15) is 0 Å². The molecule has 5 nitrogen and oxygen atoms in total. The van der Waals surface area contributed by atoms with Crippen LogP contribution in [-0.4, -0.2) is 33.2 Å². The fourth-order valence-corrected chi connectivity index (χ4v) is 4.31. The van der Waals surface area contributed by atoms with Crippen LogP contribution in [0.25, 0.3) is 43.8 Å².